The molecule has 0 fully saturated rings. The predicted octanol–water partition coefficient (Wildman–Crippen LogP) is -1.11. The van der Waals surface area contributed by atoms with Crippen LogP contribution in [0, 0.1) is 0 Å². The van der Waals surface area contributed by atoms with Crippen LogP contribution >= 0.6 is 0 Å². The van der Waals surface area contributed by atoms with Crippen LogP contribution in [0.5, 0.6) is 0 Å². The van der Waals surface area contributed by atoms with E-state index in [0.29, 0.717) is 0 Å². The summed E-state index contributed by atoms with van der Waals surface area (Å²) in [5.41, 5.74) is 1.39. The summed E-state index contributed by atoms with van der Waals surface area (Å²) in [6, 6.07) is 0. The third-order valence-electron chi connectivity index (χ3n) is 0.781. The Bertz CT molecular complexity index is 223. The van der Waals surface area contributed by atoms with Gasteiger partial charge in [0.25, 0.3) is 0 Å². The molecule has 0 aromatic carbocycles. The van der Waals surface area contributed by atoms with Crippen molar-refractivity contribution in [1.82, 2.24) is 10.3 Å². The van der Waals surface area contributed by atoms with Gasteiger partial charge in [-0.3, -0.25) is 0 Å². The molecule has 0 aliphatic carbocycles. The second kappa shape index (κ2) is 4.03. The molecule has 0 heterocycles. The highest BCUT2D eigenvalue weighted by molar-refractivity contribution is 7.90. The maximum atomic E-state index is 11.5. The Balaban J connectivity index is 4.08. The average Bonchev–Trinajstić information content (AvgIpc) is 1.85. The van der Waals surface area contributed by atoms with Crippen molar-refractivity contribution in [3.8, 4) is 0 Å². The molecule has 74 valence electrons. The molecule has 0 atom stereocenters. The summed E-state index contributed by atoms with van der Waals surface area (Å²) in [5, 5.41) is 0. The Morgan fingerprint density at radius 2 is 1.83 bits per heavy atom. The van der Waals surface area contributed by atoms with Crippen LogP contribution in [0.25, 0.3) is 0 Å². The van der Waals surface area contributed by atoms with Gasteiger partial charge in [-0.2, -0.15) is 13.2 Å². The molecule has 5 nitrogen and oxygen atoms in total. The lowest BCUT2D eigenvalue weighted by molar-refractivity contribution is -0.0451. The number of alkyl halides is 3. The number of hydrogen-bond donors (Lipinski definition) is 3. The molecular weight excluding hydrogens is 199 g/mol. The Hall–Kier alpha value is -0.380. The number of sulfonamides is 1. The van der Waals surface area contributed by atoms with Crippen LogP contribution in [0.1, 0.15) is 0 Å². The first kappa shape index (κ1) is 11.6. The molecule has 0 aliphatic rings. The predicted molar refractivity (Wildman–Crippen MR) is 35.2 cm³/mol. The molecule has 0 aromatic rings. The van der Waals surface area contributed by atoms with E-state index in [9.17, 15) is 21.6 Å². The first-order chi connectivity index (χ1) is 5.31. The van der Waals surface area contributed by atoms with E-state index in [-0.39, 0.29) is 13.1 Å². The minimum absolute atomic E-state index is 0.0282. The van der Waals surface area contributed by atoms with Crippen LogP contribution < -0.4 is 16.0 Å². The third-order valence-corrected chi connectivity index (χ3v) is 1.80. The maximum Gasteiger partial charge on any atom is 0.512 e. The first-order valence-electron chi connectivity index (χ1n) is 2.82. The summed E-state index contributed by atoms with van der Waals surface area (Å²) in [6.07, 6.45) is 0. The SMILES string of the molecule is NCCNNS(=O)(=O)C(F)(F)F. The maximum absolute atomic E-state index is 11.5. The second-order valence-corrected chi connectivity index (χ2v) is 3.44. The Morgan fingerprint density at radius 1 is 1.33 bits per heavy atom. The molecule has 12 heavy (non-hydrogen) atoms. The van der Waals surface area contributed by atoms with Crippen LogP contribution in [0.3, 0.4) is 0 Å². The summed E-state index contributed by atoms with van der Waals surface area (Å²) in [4.78, 5) is 1.12. The fourth-order valence-electron chi connectivity index (χ4n) is 0.276. The third kappa shape index (κ3) is 3.34. The van der Waals surface area contributed by atoms with Gasteiger partial charge in [0.1, 0.15) is 0 Å². The fourth-order valence-corrected chi connectivity index (χ4v) is 0.684. The van der Waals surface area contributed by atoms with Gasteiger partial charge in [-0.25, -0.2) is 13.8 Å². The smallest absolute Gasteiger partial charge is 0.329 e. The summed E-state index contributed by atoms with van der Waals surface area (Å²) < 4.78 is 55.0. The van der Waals surface area contributed by atoms with E-state index in [1.807, 2.05) is 0 Å². The molecule has 0 radical (unpaired) electrons. The van der Waals surface area contributed by atoms with E-state index in [4.69, 9.17) is 5.73 Å². The number of hydrogen-bond acceptors (Lipinski definition) is 4. The highest BCUT2D eigenvalue weighted by atomic mass is 32.2. The van der Waals surface area contributed by atoms with Gasteiger partial charge in [0.05, 0.1) is 0 Å². The van der Waals surface area contributed by atoms with Crippen LogP contribution in [0.2, 0.25) is 0 Å². The number of nitrogens with two attached hydrogens (primary N) is 1. The van der Waals surface area contributed by atoms with Gasteiger partial charge in [-0.1, -0.05) is 0 Å². The summed E-state index contributed by atoms with van der Waals surface area (Å²) in [6.45, 7) is -0.0459. The van der Waals surface area contributed by atoms with Crippen LogP contribution in [0.4, 0.5) is 13.2 Å². The Morgan fingerprint density at radius 3 is 2.17 bits per heavy atom. The first-order valence-corrected chi connectivity index (χ1v) is 4.30. The molecule has 0 aliphatic heterocycles. The summed E-state index contributed by atoms with van der Waals surface area (Å²) in [5.74, 6) is 0. The van der Waals surface area contributed by atoms with E-state index in [0.717, 1.165) is 4.83 Å². The normalized spacial score (nSPS) is 13.3. The largest absolute Gasteiger partial charge is 0.512 e. The van der Waals surface area contributed by atoms with Crippen LogP contribution in [0.15, 0.2) is 0 Å². The summed E-state index contributed by atoms with van der Waals surface area (Å²) >= 11 is 0. The van der Waals surface area contributed by atoms with E-state index in [2.05, 4.69) is 0 Å². The van der Waals surface area contributed by atoms with Crippen LogP contribution in [-0.4, -0.2) is 27.0 Å². The van der Waals surface area contributed by atoms with Gasteiger partial charge in [0.15, 0.2) is 0 Å². The molecule has 0 bridgehead atoms. The Kier molecular flexibility index (Phi) is 3.90. The highest BCUT2D eigenvalue weighted by Crippen LogP contribution is 2.20. The topological polar surface area (TPSA) is 84.2 Å². The van der Waals surface area contributed by atoms with Gasteiger partial charge < -0.3 is 5.73 Å². The van der Waals surface area contributed by atoms with E-state index < -0.39 is 15.5 Å². The zero-order valence-electron chi connectivity index (χ0n) is 5.85. The number of hydrazine groups is 1. The Labute approximate surface area is 67.1 Å². The molecule has 0 amide bonds. The van der Waals surface area contributed by atoms with Crippen molar-refractivity contribution in [2.45, 2.75) is 5.51 Å². The van der Waals surface area contributed by atoms with E-state index in [1.165, 1.54) is 0 Å². The van der Waals surface area contributed by atoms with Crippen molar-refractivity contribution in [3.05, 3.63) is 0 Å². The number of halogens is 3. The molecule has 0 saturated carbocycles. The van der Waals surface area contributed by atoms with Crippen molar-refractivity contribution in [2.75, 3.05) is 13.1 Å². The minimum atomic E-state index is -5.30. The van der Waals surface area contributed by atoms with Crippen molar-refractivity contribution >= 4 is 10.0 Å². The molecule has 0 aromatic heterocycles. The lowest BCUT2D eigenvalue weighted by Gasteiger charge is -2.09. The highest BCUT2D eigenvalue weighted by Gasteiger charge is 2.45. The van der Waals surface area contributed by atoms with Crippen molar-refractivity contribution in [3.63, 3.8) is 0 Å². The zero-order valence-corrected chi connectivity index (χ0v) is 6.67. The zero-order chi connectivity index (χ0) is 9.83. The van der Waals surface area contributed by atoms with Gasteiger partial charge in [0.2, 0.25) is 0 Å². The lowest BCUT2D eigenvalue weighted by Crippen LogP contribution is -2.46. The quantitative estimate of drug-likeness (QED) is 0.403. The minimum Gasteiger partial charge on any atom is -0.329 e. The lowest BCUT2D eigenvalue weighted by atomic mass is 10.7. The van der Waals surface area contributed by atoms with Gasteiger partial charge in [-0.15, -0.1) is 4.83 Å². The van der Waals surface area contributed by atoms with Gasteiger partial charge >= 0.3 is 15.5 Å². The molecule has 0 saturated heterocycles. The molecule has 0 spiro atoms. The molecule has 0 unspecified atom stereocenters. The monoisotopic (exact) mass is 207 g/mol. The number of nitrogens with one attached hydrogen (secondary N) is 2. The molecule has 4 N–H and O–H groups in total. The van der Waals surface area contributed by atoms with E-state index in [1.54, 1.807) is 5.43 Å². The second-order valence-electron chi connectivity index (χ2n) is 1.77. The van der Waals surface area contributed by atoms with Crippen molar-refractivity contribution < 1.29 is 21.6 Å². The molecule has 0 rings (SSSR count). The summed E-state index contributed by atoms with van der Waals surface area (Å²) in [7, 11) is -5.29. The van der Waals surface area contributed by atoms with Gasteiger partial charge in [0, 0.05) is 13.1 Å². The standard InChI is InChI=1S/C3H8F3N3O2S/c4-3(5,6)12(10,11)9-8-2-1-7/h8-9H,1-2,7H2. The number of rotatable bonds is 4. The average molecular weight is 207 g/mol. The fraction of sp³-hybridized carbons (Fsp3) is 1.00. The van der Waals surface area contributed by atoms with Crippen molar-refractivity contribution in [1.29, 1.82) is 0 Å². The van der Waals surface area contributed by atoms with Crippen molar-refractivity contribution in [2.24, 2.45) is 5.73 Å². The molecule has 9 heteroatoms. The van der Waals surface area contributed by atoms with Crippen LogP contribution in [-0.2, 0) is 10.0 Å². The van der Waals surface area contributed by atoms with E-state index >= 15 is 0 Å². The van der Waals surface area contributed by atoms with Gasteiger partial charge in [-0.05, 0) is 0 Å². The molecular formula is C3H8F3N3O2S.